The summed E-state index contributed by atoms with van der Waals surface area (Å²) in [5, 5.41) is 0. The fraction of sp³-hybridized carbons (Fsp3) is 0.429. The molecule has 1 heterocycles. The molecule has 0 radical (unpaired) electrons. The highest BCUT2D eigenvalue weighted by Gasteiger charge is 2.22. The first-order chi connectivity index (χ1) is 13.4. The topological polar surface area (TPSA) is 85.7 Å². The highest BCUT2D eigenvalue weighted by molar-refractivity contribution is 7.89. The van der Waals surface area contributed by atoms with Crippen molar-refractivity contribution in [3.63, 3.8) is 0 Å². The minimum absolute atomic E-state index is 0.00754. The molecule has 0 aliphatic heterocycles. The molecule has 0 aliphatic rings. The van der Waals surface area contributed by atoms with E-state index < -0.39 is 22.6 Å². The number of hydrogen-bond donors (Lipinski definition) is 0. The second kappa shape index (κ2) is 8.51. The normalized spacial score (nSPS) is 11.9. The van der Waals surface area contributed by atoms with E-state index in [4.69, 9.17) is 4.74 Å². The van der Waals surface area contributed by atoms with E-state index in [1.165, 1.54) is 26.2 Å². The third-order valence-corrected chi connectivity index (χ3v) is 6.65. The summed E-state index contributed by atoms with van der Waals surface area (Å²) >= 11 is 0. The van der Waals surface area contributed by atoms with Crippen LogP contribution in [0, 0.1) is 20.8 Å². The lowest BCUT2D eigenvalue weighted by atomic mass is 10.1. The van der Waals surface area contributed by atoms with Crippen molar-refractivity contribution in [3.05, 3.63) is 52.3 Å². The highest BCUT2D eigenvalue weighted by atomic mass is 32.2. The van der Waals surface area contributed by atoms with Crippen LogP contribution in [-0.2, 0) is 14.8 Å². The Kier molecular flexibility index (Phi) is 6.70. The molecule has 2 rings (SSSR count). The lowest BCUT2D eigenvalue weighted by Crippen LogP contribution is -2.23. The average molecular weight is 421 g/mol. The number of rotatable bonds is 7. The van der Waals surface area contributed by atoms with Crippen LogP contribution in [0.1, 0.15) is 57.6 Å². The number of aromatic nitrogens is 1. The van der Waals surface area contributed by atoms with E-state index in [0.29, 0.717) is 11.1 Å². The molecule has 0 bridgehead atoms. The van der Waals surface area contributed by atoms with Crippen molar-refractivity contribution >= 4 is 21.8 Å². The summed E-state index contributed by atoms with van der Waals surface area (Å²) in [4.78, 5) is 25.1. The van der Waals surface area contributed by atoms with Crippen LogP contribution in [0.2, 0.25) is 0 Å². The Balaban J connectivity index is 2.22. The Hall–Kier alpha value is -2.45. The number of carbonyl (C=O) groups is 2. The Bertz CT molecular complexity index is 1050. The molecule has 0 fully saturated rings. The summed E-state index contributed by atoms with van der Waals surface area (Å²) in [5.41, 5.74) is 2.99. The van der Waals surface area contributed by atoms with Gasteiger partial charge in [-0.25, -0.2) is 17.5 Å². The molecule has 2 aromatic rings. The summed E-state index contributed by atoms with van der Waals surface area (Å²) in [6.07, 6.45) is 0. The van der Waals surface area contributed by atoms with Gasteiger partial charge in [0.05, 0.1) is 10.5 Å². The van der Waals surface area contributed by atoms with Gasteiger partial charge in [-0.2, -0.15) is 0 Å². The Morgan fingerprint density at radius 3 is 2.21 bits per heavy atom. The second-order valence-electron chi connectivity index (χ2n) is 7.51. The van der Waals surface area contributed by atoms with E-state index in [-0.39, 0.29) is 22.3 Å². The molecule has 1 aromatic carbocycles. The van der Waals surface area contributed by atoms with Gasteiger partial charge in [-0.3, -0.25) is 4.79 Å². The van der Waals surface area contributed by atoms with Gasteiger partial charge in [0.1, 0.15) is 0 Å². The van der Waals surface area contributed by atoms with Crippen LogP contribution in [0.3, 0.4) is 0 Å². The number of carbonyl (C=O) groups excluding carboxylic acids is 2. The van der Waals surface area contributed by atoms with Crippen molar-refractivity contribution in [2.45, 2.75) is 45.6 Å². The van der Waals surface area contributed by atoms with Gasteiger partial charge in [0.2, 0.25) is 15.8 Å². The molecule has 0 unspecified atom stereocenters. The Labute approximate surface area is 172 Å². The molecular weight excluding hydrogens is 392 g/mol. The van der Waals surface area contributed by atoms with E-state index in [1.807, 2.05) is 27.7 Å². The summed E-state index contributed by atoms with van der Waals surface area (Å²) in [6.45, 7) is 9.13. The van der Waals surface area contributed by atoms with E-state index >= 15 is 0 Å². The van der Waals surface area contributed by atoms with Gasteiger partial charge in [0.15, 0.2) is 6.61 Å². The number of aryl methyl sites for hydroxylation is 2. The van der Waals surface area contributed by atoms with Crippen molar-refractivity contribution in [3.8, 4) is 0 Å². The number of sulfonamides is 1. The number of esters is 1. The van der Waals surface area contributed by atoms with Gasteiger partial charge in [-0.05, 0) is 58.4 Å². The SMILES string of the molecule is Cc1ccc(S(=O)(=O)N(C)C)cc1C(=O)OCC(=O)c1cc(C)n(C(C)C)c1C. The average Bonchev–Trinajstić information content (AvgIpc) is 2.93. The molecule has 0 atom stereocenters. The van der Waals surface area contributed by atoms with Gasteiger partial charge in [0.25, 0.3) is 0 Å². The second-order valence-corrected chi connectivity index (χ2v) is 9.66. The van der Waals surface area contributed by atoms with Crippen LogP contribution in [0.5, 0.6) is 0 Å². The van der Waals surface area contributed by atoms with Gasteiger partial charge in [-0.15, -0.1) is 0 Å². The zero-order valence-corrected chi connectivity index (χ0v) is 18.8. The number of benzene rings is 1. The number of nitrogens with zero attached hydrogens (tertiary/aromatic N) is 2. The predicted octanol–water partition coefficient (Wildman–Crippen LogP) is 3.28. The zero-order chi connectivity index (χ0) is 22.1. The largest absolute Gasteiger partial charge is 0.454 e. The summed E-state index contributed by atoms with van der Waals surface area (Å²) in [7, 11) is -0.852. The first kappa shape index (κ1) is 22.8. The summed E-state index contributed by atoms with van der Waals surface area (Å²) in [6, 6.07) is 6.27. The first-order valence-electron chi connectivity index (χ1n) is 9.29. The molecule has 0 amide bonds. The lowest BCUT2D eigenvalue weighted by Gasteiger charge is -2.14. The lowest BCUT2D eigenvalue weighted by molar-refractivity contribution is 0.0473. The fourth-order valence-corrected chi connectivity index (χ4v) is 4.26. The molecule has 0 saturated heterocycles. The molecule has 1 aromatic heterocycles. The van der Waals surface area contributed by atoms with E-state index in [1.54, 1.807) is 19.1 Å². The maximum Gasteiger partial charge on any atom is 0.338 e. The van der Waals surface area contributed by atoms with E-state index in [0.717, 1.165) is 15.7 Å². The van der Waals surface area contributed by atoms with Crippen LogP contribution in [0.25, 0.3) is 0 Å². The van der Waals surface area contributed by atoms with Crippen LogP contribution in [-0.4, -0.2) is 49.7 Å². The van der Waals surface area contributed by atoms with Crippen LogP contribution in [0.4, 0.5) is 0 Å². The molecule has 0 aliphatic carbocycles. The Morgan fingerprint density at radius 1 is 1.07 bits per heavy atom. The standard InChI is InChI=1S/C21H28N2O5S/c1-13(2)23-15(4)10-19(16(23)5)20(24)12-28-21(25)18-11-17(9-8-14(18)3)29(26,27)22(6)7/h8-11,13H,12H2,1-7H3. The number of ketones is 1. The maximum atomic E-state index is 12.6. The van der Waals surface area contributed by atoms with Crippen molar-refractivity contribution in [2.24, 2.45) is 0 Å². The minimum atomic E-state index is -3.68. The predicted molar refractivity (Wildman–Crippen MR) is 111 cm³/mol. The Morgan fingerprint density at radius 2 is 1.69 bits per heavy atom. The number of hydrogen-bond acceptors (Lipinski definition) is 5. The summed E-state index contributed by atoms with van der Waals surface area (Å²) < 4.78 is 33.0. The molecule has 29 heavy (non-hydrogen) atoms. The van der Waals surface area contributed by atoms with E-state index in [2.05, 4.69) is 4.57 Å². The third-order valence-electron chi connectivity index (χ3n) is 4.84. The zero-order valence-electron chi connectivity index (χ0n) is 17.9. The molecule has 158 valence electrons. The third kappa shape index (κ3) is 4.59. The smallest absolute Gasteiger partial charge is 0.338 e. The molecule has 0 N–H and O–H groups in total. The van der Waals surface area contributed by atoms with Crippen molar-refractivity contribution in [1.82, 2.24) is 8.87 Å². The quantitative estimate of drug-likeness (QED) is 0.507. The molecule has 7 nitrogen and oxygen atoms in total. The van der Waals surface area contributed by atoms with Gasteiger partial charge < -0.3 is 9.30 Å². The van der Waals surface area contributed by atoms with Crippen molar-refractivity contribution in [2.75, 3.05) is 20.7 Å². The molecule has 0 spiro atoms. The van der Waals surface area contributed by atoms with Crippen LogP contribution in [0.15, 0.2) is 29.2 Å². The van der Waals surface area contributed by atoms with Crippen molar-refractivity contribution in [1.29, 1.82) is 0 Å². The molecular formula is C21H28N2O5S. The highest BCUT2D eigenvalue weighted by Crippen LogP contribution is 2.22. The van der Waals surface area contributed by atoms with Gasteiger partial charge >= 0.3 is 5.97 Å². The van der Waals surface area contributed by atoms with Crippen molar-refractivity contribution < 1.29 is 22.7 Å². The maximum absolute atomic E-state index is 12.6. The monoisotopic (exact) mass is 420 g/mol. The summed E-state index contributed by atoms with van der Waals surface area (Å²) in [5.74, 6) is -1.03. The fourth-order valence-electron chi connectivity index (χ4n) is 3.33. The first-order valence-corrected chi connectivity index (χ1v) is 10.7. The number of Topliss-reactive ketones (excluding diaryl/α,β-unsaturated/α-hetero) is 1. The molecule has 8 heteroatoms. The van der Waals surface area contributed by atoms with Crippen LogP contribution >= 0.6 is 0 Å². The van der Waals surface area contributed by atoms with Crippen LogP contribution < -0.4 is 0 Å². The van der Waals surface area contributed by atoms with E-state index in [9.17, 15) is 18.0 Å². The molecule has 0 saturated carbocycles. The van der Waals surface area contributed by atoms with Gasteiger partial charge in [0, 0.05) is 37.1 Å². The number of ether oxygens (including phenoxy) is 1. The minimum Gasteiger partial charge on any atom is -0.454 e. The van der Waals surface area contributed by atoms with Gasteiger partial charge in [-0.1, -0.05) is 6.07 Å².